The van der Waals surface area contributed by atoms with Crippen LogP contribution in [0.3, 0.4) is 0 Å². The van der Waals surface area contributed by atoms with Crippen LogP contribution in [0.5, 0.6) is 0 Å². The highest BCUT2D eigenvalue weighted by atomic mass is 15.1. The molecule has 0 fully saturated rings. The fraction of sp³-hybridized carbons (Fsp3) is 0.182. The maximum Gasteiger partial charge on any atom is 0.0992 e. The Hall–Kier alpha value is -2.13. The molecule has 0 radical (unpaired) electrons. The summed E-state index contributed by atoms with van der Waals surface area (Å²) in [5, 5.41) is 8.64. The molecule has 0 bridgehead atoms. The molecule has 0 saturated heterocycles. The van der Waals surface area contributed by atoms with Gasteiger partial charge in [-0.05, 0) is 18.2 Å². The Labute approximate surface area is 83.7 Å². The number of hydrogen-bond acceptors (Lipinski definition) is 3. The average Bonchev–Trinajstić information content (AvgIpc) is 2.17. The molecule has 0 amide bonds. The van der Waals surface area contributed by atoms with E-state index < -0.39 is 0 Å². The summed E-state index contributed by atoms with van der Waals surface area (Å²) in [4.78, 5) is 1.86. The molecule has 1 rings (SSSR count). The van der Waals surface area contributed by atoms with Gasteiger partial charge in [0.2, 0.25) is 0 Å². The number of nitrogens with two attached hydrogens (primary N) is 1. The third-order valence-corrected chi connectivity index (χ3v) is 1.90. The minimum absolute atomic E-state index is 0.496. The Morgan fingerprint density at radius 3 is 2.79 bits per heavy atom. The molecule has 3 nitrogen and oxygen atoms in total. The van der Waals surface area contributed by atoms with Crippen molar-refractivity contribution >= 4 is 11.4 Å². The lowest BCUT2D eigenvalue weighted by atomic mass is 10.2. The second-order valence-electron chi connectivity index (χ2n) is 2.95. The Kier molecular flexibility index (Phi) is 2.99. The van der Waals surface area contributed by atoms with Crippen molar-refractivity contribution in [3.63, 3.8) is 0 Å². The van der Waals surface area contributed by atoms with Gasteiger partial charge in [-0.15, -0.1) is 6.42 Å². The van der Waals surface area contributed by atoms with E-state index in [9.17, 15) is 0 Å². The van der Waals surface area contributed by atoms with Gasteiger partial charge in [0.1, 0.15) is 0 Å². The minimum atomic E-state index is 0.496. The van der Waals surface area contributed by atoms with Crippen LogP contribution < -0.4 is 10.6 Å². The van der Waals surface area contributed by atoms with Crippen molar-refractivity contribution < 1.29 is 0 Å². The van der Waals surface area contributed by atoms with Crippen molar-refractivity contribution in [1.29, 1.82) is 5.26 Å². The fourth-order valence-corrected chi connectivity index (χ4v) is 1.19. The average molecular weight is 185 g/mol. The van der Waals surface area contributed by atoms with Gasteiger partial charge in [0, 0.05) is 7.05 Å². The third kappa shape index (κ3) is 1.97. The summed E-state index contributed by atoms with van der Waals surface area (Å²) in [5.41, 5.74) is 7.74. The van der Waals surface area contributed by atoms with Gasteiger partial charge in [-0.2, -0.15) is 5.26 Å². The summed E-state index contributed by atoms with van der Waals surface area (Å²) in [6.45, 7) is 0.496. The predicted octanol–water partition coefficient (Wildman–Crippen LogP) is 1.21. The molecule has 1 aromatic rings. The Morgan fingerprint density at radius 2 is 2.29 bits per heavy atom. The van der Waals surface area contributed by atoms with Crippen molar-refractivity contribution in [3.8, 4) is 18.4 Å². The van der Waals surface area contributed by atoms with Gasteiger partial charge < -0.3 is 10.6 Å². The smallest absolute Gasteiger partial charge is 0.0992 e. The summed E-state index contributed by atoms with van der Waals surface area (Å²) in [7, 11) is 1.86. The molecular formula is C11H11N3. The van der Waals surface area contributed by atoms with Crippen LogP contribution in [-0.4, -0.2) is 13.6 Å². The molecule has 0 atom stereocenters. The summed E-state index contributed by atoms with van der Waals surface area (Å²) >= 11 is 0. The van der Waals surface area contributed by atoms with Crippen molar-refractivity contribution in [3.05, 3.63) is 23.8 Å². The topological polar surface area (TPSA) is 53.0 Å². The lowest BCUT2D eigenvalue weighted by molar-refractivity contribution is 1.05. The molecule has 1 aromatic carbocycles. The van der Waals surface area contributed by atoms with Crippen molar-refractivity contribution in [1.82, 2.24) is 0 Å². The highest BCUT2D eigenvalue weighted by Crippen LogP contribution is 2.22. The summed E-state index contributed by atoms with van der Waals surface area (Å²) in [6.07, 6.45) is 5.19. The number of terminal acetylenes is 1. The summed E-state index contributed by atoms with van der Waals surface area (Å²) in [6, 6.07) is 7.19. The quantitative estimate of drug-likeness (QED) is 0.556. The molecule has 3 heteroatoms. The van der Waals surface area contributed by atoms with Crippen LogP contribution in [0.25, 0.3) is 0 Å². The first-order chi connectivity index (χ1) is 6.69. The normalized spacial score (nSPS) is 8.79. The highest BCUT2D eigenvalue weighted by Gasteiger charge is 2.04. The molecule has 0 heterocycles. The molecule has 0 saturated carbocycles. The first-order valence-corrected chi connectivity index (χ1v) is 4.13. The first kappa shape index (κ1) is 9.95. The Balaban J connectivity index is 3.02. The van der Waals surface area contributed by atoms with E-state index in [4.69, 9.17) is 17.4 Å². The molecule has 2 N–H and O–H groups in total. The zero-order chi connectivity index (χ0) is 10.6. The van der Waals surface area contributed by atoms with Crippen LogP contribution in [0, 0.1) is 23.7 Å². The van der Waals surface area contributed by atoms with Gasteiger partial charge in [0.25, 0.3) is 0 Å². The maximum atomic E-state index is 8.64. The lowest BCUT2D eigenvalue weighted by Gasteiger charge is -2.18. The molecule has 0 aromatic heterocycles. The van der Waals surface area contributed by atoms with Crippen LogP contribution in [-0.2, 0) is 0 Å². The Bertz CT molecular complexity index is 410. The highest BCUT2D eigenvalue weighted by molar-refractivity contribution is 5.69. The van der Waals surface area contributed by atoms with Gasteiger partial charge in [-0.3, -0.25) is 0 Å². The Morgan fingerprint density at radius 1 is 1.57 bits per heavy atom. The van der Waals surface area contributed by atoms with E-state index in [1.54, 1.807) is 18.2 Å². The summed E-state index contributed by atoms with van der Waals surface area (Å²) < 4.78 is 0. The number of nitrogen functional groups attached to an aromatic ring is 1. The number of nitrogens with zero attached hydrogens (tertiary/aromatic N) is 2. The molecule has 0 aliphatic carbocycles. The van der Waals surface area contributed by atoms with Crippen LogP contribution in [0.1, 0.15) is 5.56 Å². The number of anilines is 2. The monoisotopic (exact) mass is 185 g/mol. The van der Waals surface area contributed by atoms with E-state index in [1.807, 2.05) is 18.0 Å². The van der Waals surface area contributed by atoms with Crippen molar-refractivity contribution in [2.75, 3.05) is 24.2 Å². The SMILES string of the molecule is C#CCN(C)c1ccc(C#N)cc1N. The van der Waals surface area contributed by atoms with Crippen LogP contribution in [0.4, 0.5) is 11.4 Å². The molecule has 0 aliphatic rings. The first-order valence-electron chi connectivity index (χ1n) is 4.13. The lowest BCUT2D eigenvalue weighted by Crippen LogP contribution is -2.18. The predicted molar refractivity (Wildman–Crippen MR) is 57.7 cm³/mol. The zero-order valence-electron chi connectivity index (χ0n) is 7.99. The molecule has 14 heavy (non-hydrogen) atoms. The molecule has 70 valence electrons. The van der Waals surface area contributed by atoms with E-state index in [0.29, 0.717) is 17.8 Å². The zero-order valence-corrected chi connectivity index (χ0v) is 7.99. The summed E-state index contributed by atoms with van der Waals surface area (Å²) in [5.74, 6) is 2.53. The van der Waals surface area contributed by atoms with Gasteiger partial charge in [0.05, 0.1) is 29.6 Å². The van der Waals surface area contributed by atoms with Crippen LogP contribution in [0.15, 0.2) is 18.2 Å². The van der Waals surface area contributed by atoms with Crippen LogP contribution >= 0.6 is 0 Å². The maximum absolute atomic E-state index is 8.64. The van der Waals surface area contributed by atoms with Gasteiger partial charge in [0.15, 0.2) is 0 Å². The van der Waals surface area contributed by atoms with Crippen molar-refractivity contribution in [2.24, 2.45) is 0 Å². The van der Waals surface area contributed by atoms with E-state index in [1.165, 1.54) is 0 Å². The third-order valence-electron chi connectivity index (χ3n) is 1.90. The molecule has 0 aliphatic heterocycles. The second kappa shape index (κ2) is 4.20. The van der Waals surface area contributed by atoms with Gasteiger partial charge in [-0.1, -0.05) is 5.92 Å². The van der Waals surface area contributed by atoms with E-state index >= 15 is 0 Å². The largest absolute Gasteiger partial charge is 0.397 e. The number of rotatable bonds is 2. The minimum Gasteiger partial charge on any atom is -0.397 e. The molecule has 0 spiro atoms. The van der Waals surface area contributed by atoms with E-state index in [0.717, 1.165) is 5.69 Å². The van der Waals surface area contributed by atoms with Crippen LogP contribution in [0.2, 0.25) is 0 Å². The van der Waals surface area contributed by atoms with Gasteiger partial charge in [-0.25, -0.2) is 0 Å². The van der Waals surface area contributed by atoms with Gasteiger partial charge >= 0.3 is 0 Å². The van der Waals surface area contributed by atoms with Crippen molar-refractivity contribution in [2.45, 2.75) is 0 Å². The fourth-order valence-electron chi connectivity index (χ4n) is 1.19. The molecular weight excluding hydrogens is 174 g/mol. The van der Waals surface area contributed by atoms with E-state index in [-0.39, 0.29) is 0 Å². The van der Waals surface area contributed by atoms with E-state index in [2.05, 4.69) is 5.92 Å². The number of benzene rings is 1. The standard InChI is InChI=1S/C11H11N3/c1-3-6-14(2)11-5-4-9(8-12)7-10(11)13/h1,4-5,7H,6,13H2,2H3. The molecule has 0 unspecified atom stereocenters. The number of hydrogen-bond donors (Lipinski definition) is 1. The number of nitriles is 1. The second-order valence-corrected chi connectivity index (χ2v) is 2.95.